The number of Topliss-reactive ketones (excluding diaryl/α,β-unsaturated/α-hetero) is 1. The SMILES string of the molecule is CC.CCC(=O)Cc1cccc(Cl)c1C(=O)NC1CCCC1. The van der Waals surface area contributed by atoms with Crippen LogP contribution in [0.5, 0.6) is 0 Å². The van der Waals surface area contributed by atoms with Gasteiger partial charge in [-0.05, 0) is 24.5 Å². The maximum Gasteiger partial charge on any atom is 0.253 e. The first-order valence-electron chi connectivity index (χ1n) is 8.21. The van der Waals surface area contributed by atoms with Gasteiger partial charge in [-0.15, -0.1) is 0 Å². The summed E-state index contributed by atoms with van der Waals surface area (Å²) in [4.78, 5) is 24.0. The molecule has 1 aromatic carbocycles. The minimum Gasteiger partial charge on any atom is -0.349 e. The monoisotopic (exact) mass is 323 g/mol. The molecule has 2 rings (SSSR count). The highest BCUT2D eigenvalue weighted by atomic mass is 35.5. The summed E-state index contributed by atoms with van der Waals surface area (Å²) >= 11 is 6.16. The minimum absolute atomic E-state index is 0.113. The normalized spacial score (nSPS) is 14.2. The highest BCUT2D eigenvalue weighted by Crippen LogP contribution is 2.23. The van der Waals surface area contributed by atoms with E-state index in [1.54, 1.807) is 12.1 Å². The van der Waals surface area contributed by atoms with E-state index in [2.05, 4.69) is 5.32 Å². The Morgan fingerprint density at radius 1 is 1.23 bits per heavy atom. The van der Waals surface area contributed by atoms with Crippen LogP contribution in [-0.4, -0.2) is 17.7 Å². The van der Waals surface area contributed by atoms with Gasteiger partial charge in [0.05, 0.1) is 10.6 Å². The van der Waals surface area contributed by atoms with E-state index in [1.165, 1.54) is 0 Å². The average molecular weight is 324 g/mol. The van der Waals surface area contributed by atoms with Gasteiger partial charge in [-0.3, -0.25) is 9.59 Å². The molecule has 1 saturated carbocycles. The van der Waals surface area contributed by atoms with Gasteiger partial charge in [0.1, 0.15) is 5.78 Å². The minimum atomic E-state index is -0.151. The molecule has 1 amide bonds. The zero-order chi connectivity index (χ0) is 16.5. The van der Waals surface area contributed by atoms with Crippen molar-refractivity contribution >= 4 is 23.3 Å². The second-order valence-electron chi connectivity index (χ2n) is 5.30. The molecule has 1 fully saturated rings. The van der Waals surface area contributed by atoms with Crippen LogP contribution in [0.4, 0.5) is 0 Å². The van der Waals surface area contributed by atoms with Crippen molar-refractivity contribution in [1.29, 1.82) is 0 Å². The average Bonchev–Trinajstić information content (AvgIpc) is 3.02. The molecule has 0 atom stereocenters. The van der Waals surface area contributed by atoms with Crippen molar-refractivity contribution in [1.82, 2.24) is 5.32 Å². The maximum absolute atomic E-state index is 12.4. The lowest BCUT2D eigenvalue weighted by atomic mass is 10.0. The molecule has 1 aliphatic rings. The molecule has 22 heavy (non-hydrogen) atoms. The quantitative estimate of drug-likeness (QED) is 0.863. The van der Waals surface area contributed by atoms with Crippen LogP contribution in [0.2, 0.25) is 5.02 Å². The van der Waals surface area contributed by atoms with Crippen molar-refractivity contribution in [2.45, 2.75) is 65.3 Å². The first-order valence-corrected chi connectivity index (χ1v) is 8.59. The van der Waals surface area contributed by atoms with Crippen molar-refractivity contribution in [3.8, 4) is 0 Å². The predicted octanol–water partition coefficient (Wildman–Crippen LogP) is 4.56. The van der Waals surface area contributed by atoms with Crippen LogP contribution in [-0.2, 0) is 11.2 Å². The van der Waals surface area contributed by atoms with E-state index < -0.39 is 0 Å². The fourth-order valence-corrected chi connectivity index (χ4v) is 2.92. The molecule has 1 aromatic rings. The maximum atomic E-state index is 12.4. The summed E-state index contributed by atoms with van der Waals surface area (Å²) in [5.41, 5.74) is 1.18. The molecule has 122 valence electrons. The zero-order valence-electron chi connectivity index (χ0n) is 13.7. The molecule has 0 spiro atoms. The molecule has 4 heteroatoms. The molecule has 1 N–H and O–H groups in total. The first-order chi connectivity index (χ1) is 10.6. The van der Waals surface area contributed by atoms with Crippen LogP contribution in [0, 0.1) is 0 Å². The summed E-state index contributed by atoms with van der Waals surface area (Å²) in [6.45, 7) is 5.82. The van der Waals surface area contributed by atoms with Crippen LogP contribution in [0.1, 0.15) is 68.8 Å². The summed E-state index contributed by atoms with van der Waals surface area (Å²) in [5.74, 6) is -0.0383. The topological polar surface area (TPSA) is 46.2 Å². The van der Waals surface area contributed by atoms with E-state index in [4.69, 9.17) is 11.6 Å². The lowest BCUT2D eigenvalue weighted by Gasteiger charge is -2.15. The van der Waals surface area contributed by atoms with E-state index in [0.29, 0.717) is 17.0 Å². The summed E-state index contributed by atoms with van der Waals surface area (Å²) in [7, 11) is 0. The number of amides is 1. The number of benzene rings is 1. The number of hydrogen-bond acceptors (Lipinski definition) is 2. The standard InChI is InChI=1S/C16H20ClNO2.C2H6/c1-2-13(19)10-11-6-5-9-14(17)15(11)16(20)18-12-7-3-4-8-12;1-2/h5-6,9,12H,2-4,7-8,10H2,1H3,(H,18,20);1-2H3. The zero-order valence-corrected chi connectivity index (χ0v) is 14.5. The van der Waals surface area contributed by atoms with Gasteiger partial charge in [0.25, 0.3) is 5.91 Å². The van der Waals surface area contributed by atoms with Gasteiger partial charge in [-0.25, -0.2) is 0 Å². The number of carbonyl (C=O) groups excluding carboxylic acids is 2. The molecule has 0 aliphatic heterocycles. The smallest absolute Gasteiger partial charge is 0.253 e. The van der Waals surface area contributed by atoms with Crippen LogP contribution < -0.4 is 5.32 Å². The van der Waals surface area contributed by atoms with Gasteiger partial charge >= 0.3 is 0 Å². The van der Waals surface area contributed by atoms with Crippen molar-refractivity contribution in [3.63, 3.8) is 0 Å². The van der Waals surface area contributed by atoms with E-state index in [-0.39, 0.29) is 24.2 Å². The summed E-state index contributed by atoms with van der Waals surface area (Å²) in [5, 5.41) is 3.45. The third-order valence-corrected chi connectivity index (χ3v) is 4.11. The van der Waals surface area contributed by atoms with Crippen molar-refractivity contribution in [2.75, 3.05) is 0 Å². The second kappa shape index (κ2) is 9.62. The summed E-state index contributed by atoms with van der Waals surface area (Å²) in [6, 6.07) is 5.54. The molecule has 0 radical (unpaired) electrons. The molecule has 0 saturated heterocycles. The number of halogens is 1. The van der Waals surface area contributed by atoms with Gasteiger partial charge in [-0.2, -0.15) is 0 Å². The van der Waals surface area contributed by atoms with E-state index in [0.717, 1.165) is 31.2 Å². The van der Waals surface area contributed by atoms with Crippen LogP contribution >= 0.6 is 11.6 Å². The van der Waals surface area contributed by atoms with Crippen LogP contribution in [0.25, 0.3) is 0 Å². The second-order valence-corrected chi connectivity index (χ2v) is 5.71. The highest BCUT2D eigenvalue weighted by molar-refractivity contribution is 6.34. The molecular weight excluding hydrogens is 298 g/mol. The van der Waals surface area contributed by atoms with E-state index in [1.807, 2.05) is 26.8 Å². The number of rotatable bonds is 5. The fourth-order valence-electron chi connectivity index (χ4n) is 2.64. The summed E-state index contributed by atoms with van der Waals surface area (Å²) < 4.78 is 0. The molecule has 0 aromatic heterocycles. The third-order valence-electron chi connectivity index (χ3n) is 3.80. The van der Waals surface area contributed by atoms with Gasteiger partial charge in [-0.1, -0.05) is 57.3 Å². The van der Waals surface area contributed by atoms with E-state index in [9.17, 15) is 9.59 Å². The van der Waals surface area contributed by atoms with Crippen molar-refractivity contribution in [3.05, 3.63) is 34.3 Å². The predicted molar refractivity (Wildman–Crippen MR) is 91.5 cm³/mol. The fraction of sp³-hybridized carbons (Fsp3) is 0.556. The number of hydrogen-bond donors (Lipinski definition) is 1. The summed E-state index contributed by atoms with van der Waals surface area (Å²) in [6.07, 6.45) is 5.11. The Bertz CT molecular complexity index is 508. The lowest BCUT2D eigenvalue weighted by Crippen LogP contribution is -2.33. The molecule has 0 unspecified atom stereocenters. The van der Waals surface area contributed by atoms with Gasteiger partial charge < -0.3 is 5.32 Å². The molecule has 0 heterocycles. The number of nitrogens with one attached hydrogen (secondary N) is 1. The van der Waals surface area contributed by atoms with Crippen LogP contribution in [0.3, 0.4) is 0 Å². The third kappa shape index (κ3) is 5.13. The van der Waals surface area contributed by atoms with Crippen molar-refractivity contribution < 1.29 is 9.59 Å². The van der Waals surface area contributed by atoms with Crippen LogP contribution in [0.15, 0.2) is 18.2 Å². The lowest BCUT2D eigenvalue weighted by molar-refractivity contribution is -0.118. The first kappa shape index (κ1) is 18.7. The van der Waals surface area contributed by atoms with Gasteiger partial charge in [0.2, 0.25) is 0 Å². The largest absolute Gasteiger partial charge is 0.349 e. The Hall–Kier alpha value is -1.35. The molecule has 0 bridgehead atoms. The Kier molecular flexibility index (Phi) is 8.18. The highest BCUT2D eigenvalue weighted by Gasteiger charge is 2.22. The van der Waals surface area contributed by atoms with E-state index >= 15 is 0 Å². The molecular formula is C18H26ClNO2. The Labute approximate surface area is 138 Å². The molecule has 3 nitrogen and oxygen atoms in total. The Morgan fingerprint density at radius 2 is 1.86 bits per heavy atom. The van der Waals surface area contributed by atoms with Crippen molar-refractivity contribution in [2.24, 2.45) is 0 Å². The molecule has 1 aliphatic carbocycles. The Morgan fingerprint density at radius 3 is 2.45 bits per heavy atom. The number of ketones is 1. The van der Waals surface area contributed by atoms with Gasteiger partial charge in [0, 0.05) is 18.9 Å². The number of carbonyl (C=O) groups is 2. The van der Waals surface area contributed by atoms with Gasteiger partial charge in [0.15, 0.2) is 0 Å². The Balaban J connectivity index is 0.00000116.